The number of nitrogens with one attached hydrogen (secondary N) is 1. The van der Waals surface area contributed by atoms with Crippen LogP contribution in [0.1, 0.15) is 29.8 Å². The molecular formula is C15H14ClFN2O. The van der Waals surface area contributed by atoms with Gasteiger partial charge in [-0.25, -0.2) is 4.39 Å². The number of benzene rings is 1. The Bertz CT molecular complexity index is 609. The van der Waals surface area contributed by atoms with Gasteiger partial charge in [0.25, 0.3) is 5.91 Å². The molecular weight excluding hydrogens is 279 g/mol. The number of pyridine rings is 1. The van der Waals surface area contributed by atoms with E-state index in [1.165, 1.54) is 18.2 Å². The number of carbonyl (C=O) groups is 1. The van der Waals surface area contributed by atoms with E-state index in [0.717, 1.165) is 5.56 Å². The molecule has 0 aliphatic rings. The number of hydrogen-bond acceptors (Lipinski definition) is 2. The van der Waals surface area contributed by atoms with Gasteiger partial charge in [-0.3, -0.25) is 9.78 Å². The quantitative estimate of drug-likeness (QED) is 0.940. The monoisotopic (exact) mass is 292 g/mol. The predicted molar refractivity (Wildman–Crippen MR) is 76.1 cm³/mol. The van der Waals surface area contributed by atoms with Crippen LogP contribution in [0.5, 0.6) is 0 Å². The van der Waals surface area contributed by atoms with E-state index >= 15 is 0 Å². The fraction of sp³-hybridized carbons (Fsp3) is 0.200. The zero-order valence-corrected chi connectivity index (χ0v) is 11.9. The molecule has 0 saturated heterocycles. The van der Waals surface area contributed by atoms with Gasteiger partial charge in [0.15, 0.2) is 0 Å². The summed E-state index contributed by atoms with van der Waals surface area (Å²) in [6.07, 6.45) is 3.30. The van der Waals surface area contributed by atoms with E-state index in [2.05, 4.69) is 10.3 Å². The summed E-state index contributed by atoms with van der Waals surface area (Å²) in [7, 11) is 0. The van der Waals surface area contributed by atoms with Crippen molar-refractivity contribution in [2.75, 3.05) is 0 Å². The minimum Gasteiger partial charge on any atom is -0.343 e. The fourth-order valence-corrected chi connectivity index (χ4v) is 2.11. The minimum absolute atomic E-state index is 0.0875. The number of hydrogen-bond donors (Lipinski definition) is 1. The van der Waals surface area contributed by atoms with E-state index in [9.17, 15) is 9.18 Å². The molecule has 5 heteroatoms. The molecule has 0 atom stereocenters. The van der Waals surface area contributed by atoms with Gasteiger partial charge in [0.05, 0.1) is 16.1 Å². The SMILES string of the molecule is CC(C)(NC(=O)c1c(F)cccc1Cl)c1cccnc1. The van der Waals surface area contributed by atoms with Crippen LogP contribution >= 0.6 is 11.6 Å². The third-order valence-electron chi connectivity index (χ3n) is 3.00. The first kappa shape index (κ1) is 14.5. The average molecular weight is 293 g/mol. The van der Waals surface area contributed by atoms with Gasteiger partial charge in [0, 0.05) is 12.4 Å². The van der Waals surface area contributed by atoms with Crippen LogP contribution in [0, 0.1) is 5.82 Å². The predicted octanol–water partition coefficient (Wildman–Crippen LogP) is 3.54. The molecule has 0 saturated carbocycles. The summed E-state index contributed by atoms with van der Waals surface area (Å²) >= 11 is 5.89. The molecule has 1 aromatic heterocycles. The largest absolute Gasteiger partial charge is 0.343 e. The van der Waals surface area contributed by atoms with Gasteiger partial charge in [0.2, 0.25) is 0 Å². The van der Waals surface area contributed by atoms with E-state index < -0.39 is 17.3 Å². The average Bonchev–Trinajstić information content (AvgIpc) is 2.39. The van der Waals surface area contributed by atoms with E-state index in [1.54, 1.807) is 18.5 Å². The summed E-state index contributed by atoms with van der Waals surface area (Å²) in [5, 5.41) is 2.85. The Kier molecular flexibility index (Phi) is 4.04. The van der Waals surface area contributed by atoms with Crippen molar-refractivity contribution in [3.05, 3.63) is 64.7 Å². The molecule has 0 bridgehead atoms. The summed E-state index contributed by atoms with van der Waals surface area (Å²) in [6.45, 7) is 3.63. The van der Waals surface area contributed by atoms with Crippen molar-refractivity contribution in [1.29, 1.82) is 0 Å². The summed E-state index contributed by atoms with van der Waals surface area (Å²) < 4.78 is 13.7. The maximum absolute atomic E-state index is 13.7. The van der Waals surface area contributed by atoms with Crippen LogP contribution in [0.25, 0.3) is 0 Å². The van der Waals surface area contributed by atoms with Gasteiger partial charge in [-0.1, -0.05) is 23.7 Å². The molecule has 0 aliphatic heterocycles. The lowest BCUT2D eigenvalue weighted by molar-refractivity contribution is 0.0908. The molecule has 104 valence electrons. The molecule has 1 amide bonds. The Labute approximate surface area is 121 Å². The molecule has 3 nitrogen and oxygen atoms in total. The van der Waals surface area contributed by atoms with Crippen molar-refractivity contribution in [1.82, 2.24) is 10.3 Å². The summed E-state index contributed by atoms with van der Waals surface area (Å²) in [4.78, 5) is 16.2. The molecule has 1 heterocycles. The second-order valence-corrected chi connectivity index (χ2v) is 5.32. The Morgan fingerprint density at radius 3 is 2.65 bits per heavy atom. The third-order valence-corrected chi connectivity index (χ3v) is 3.31. The van der Waals surface area contributed by atoms with Crippen LogP contribution in [-0.2, 0) is 5.54 Å². The third kappa shape index (κ3) is 2.96. The Hall–Kier alpha value is -1.94. The lowest BCUT2D eigenvalue weighted by Gasteiger charge is -2.26. The second kappa shape index (κ2) is 5.59. The van der Waals surface area contributed by atoms with Gasteiger partial charge in [-0.2, -0.15) is 0 Å². The normalized spacial score (nSPS) is 11.2. The first-order valence-corrected chi connectivity index (χ1v) is 6.46. The van der Waals surface area contributed by atoms with E-state index in [0.29, 0.717) is 0 Å². The molecule has 2 rings (SSSR count). The van der Waals surface area contributed by atoms with Crippen molar-refractivity contribution in [2.45, 2.75) is 19.4 Å². The van der Waals surface area contributed by atoms with Gasteiger partial charge in [-0.15, -0.1) is 0 Å². The molecule has 20 heavy (non-hydrogen) atoms. The molecule has 0 aliphatic carbocycles. The first-order valence-electron chi connectivity index (χ1n) is 6.09. The van der Waals surface area contributed by atoms with Gasteiger partial charge < -0.3 is 5.32 Å². The van der Waals surface area contributed by atoms with E-state index in [1.807, 2.05) is 19.9 Å². The van der Waals surface area contributed by atoms with Gasteiger partial charge in [-0.05, 0) is 37.6 Å². The van der Waals surface area contributed by atoms with Crippen LogP contribution in [0.4, 0.5) is 4.39 Å². The molecule has 1 aromatic carbocycles. The number of aromatic nitrogens is 1. The maximum atomic E-state index is 13.7. The van der Waals surface area contributed by atoms with Crippen molar-refractivity contribution >= 4 is 17.5 Å². The molecule has 1 N–H and O–H groups in total. The molecule has 0 spiro atoms. The number of rotatable bonds is 3. The van der Waals surface area contributed by atoms with Crippen LogP contribution < -0.4 is 5.32 Å². The standard InChI is InChI=1S/C15H14ClFN2O/c1-15(2,10-5-4-8-18-9-10)19-14(20)13-11(16)6-3-7-12(13)17/h3-9H,1-2H3,(H,19,20). The number of nitrogens with zero attached hydrogens (tertiary/aromatic N) is 1. The van der Waals surface area contributed by atoms with Crippen LogP contribution in [0.15, 0.2) is 42.7 Å². The fourth-order valence-electron chi connectivity index (χ4n) is 1.87. The summed E-state index contributed by atoms with van der Waals surface area (Å²) in [5.74, 6) is -1.20. The first-order chi connectivity index (χ1) is 9.42. The highest BCUT2D eigenvalue weighted by molar-refractivity contribution is 6.33. The maximum Gasteiger partial charge on any atom is 0.256 e. The van der Waals surface area contributed by atoms with Crippen LogP contribution in [0.3, 0.4) is 0 Å². The number of amides is 1. The lowest BCUT2D eigenvalue weighted by Crippen LogP contribution is -2.41. The highest BCUT2D eigenvalue weighted by atomic mass is 35.5. The molecule has 0 unspecified atom stereocenters. The second-order valence-electron chi connectivity index (χ2n) is 4.92. The number of halogens is 2. The summed E-state index contributed by atoms with van der Waals surface area (Å²) in [6, 6.07) is 7.77. The minimum atomic E-state index is -0.684. The Balaban J connectivity index is 2.28. The zero-order valence-electron chi connectivity index (χ0n) is 11.2. The topological polar surface area (TPSA) is 42.0 Å². The van der Waals surface area contributed by atoms with Crippen LogP contribution in [-0.4, -0.2) is 10.9 Å². The van der Waals surface area contributed by atoms with Crippen molar-refractivity contribution in [3.8, 4) is 0 Å². The van der Waals surface area contributed by atoms with Gasteiger partial charge in [0.1, 0.15) is 5.82 Å². The highest BCUT2D eigenvalue weighted by Crippen LogP contribution is 2.23. The lowest BCUT2D eigenvalue weighted by atomic mass is 9.95. The Morgan fingerprint density at radius 1 is 1.30 bits per heavy atom. The molecule has 0 fully saturated rings. The van der Waals surface area contributed by atoms with Crippen molar-refractivity contribution in [2.24, 2.45) is 0 Å². The van der Waals surface area contributed by atoms with Crippen molar-refractivity contribution in [3.63, 3.8) is 0 Å². The van der Waals surface area contributed by atoms with Crippen molar-refractivity contribution < 1.29 is 9.18 Å². The molecule has 2 aromatic rings. The number of carbonyl (C=O) groups excluding carboxylic acids is 1. The zero-order chi connectivity index (χ0) is 14.8. The smallest absolute Gasteiger partial charge is 0.256 e. The Morgan fingerprint density at radius 2 is 2.05 bits per heavy atom. The van der Waals surface area contributed by atoms with E-state index in [4.69, 9.17) is 11.6 Å². The highest BCUT2D eigenvalue weighted by Gasteiger charge is 2.26. The van der Waals surface area contributed by atoms with Gasteiger partial charge >= 0.3 is 0 Å². The van der Waals surface area contributed by atoms with Crippen LogP contribution in [0.2, 0.25) is 5.02 Å². The summed E-state index contributed by atoms with van der Waals surface area (Å²) in [5.41, 5.74) is -0.0105. The van der Waals surface area contributed by atoms with E-state index in [-0.39, 0.29) is 10.6 Å². The molecule has 0 radical (unpaired) electrons.